The van der Waals surface area contributed by atoms with Crippen molar-refractivity contribution in [2.24, 2.45) is 9.98 Å². The third kappa shape index (κ3) is 2.69. The van der Waals surface area contributed by atoms with Crippen molar-refractivity contribution in [3.05, 3.63) is 21.7 Å². The molecule has 4 rings (SSSR count). The molecule has 10 heteroatoms. The van der Waals surface area contributed by atoms with E-state index >= 15 is 0 Å². The number of aromatic amines is 1. The van der Waals surface area contributed by atoms with E-state index in [1.807, 2.05) is 13.8 Å². The van der Waals surface area contributed by atoms with E-state index < -0.39 is 0 Å². The Bertz CT molecular complexity index is 915. The molecule has 124 valence electrons. The van der Waals surface area contributed by atoms with Crippen molar-refractivity contribution in [3.8, 4) is 0 Å². The van der Waals surface area contributed by atoms with Gasteiger partial charge in [0.05, 0.1) is 11.4 Å². The summed E-state index contributed by atoms with van der Waals surface area (Å²) in [5.41, 5.74) is 18.7. The zero-order valence-electron chi connectivity index (χ0n) is 13.2. The van der Waals surface area contributed by atoms with Gasteiger partial charge in [0.1, 0.15) is 11.4 Å². The molecule has 2 atom stereocenters. The third-order valence-electron chi connectivity index (χ3n) is 3.61. The lowest BCUT2D eigenvalue weighted by molar-refractivity contribution is 0.969. The predicted octanol–water partition coefficient (Wildman–Crippen LogP) is 0.632. The first-order valence-electron chi connectivity index (χ1n) is 7.27. The van der Waals surface area contributed by atoms with Crippen molar-refractivity contribution >= 4 is 41.5 Å². The molecular weight excluding hydrogens is 310 g/mol. The monoisotopic (exact) mass is 327 g/mol. The van der Waals surface area contributed by atoms with Crippen molar-refractivity contribution in [3.63, 3.8) is 0 Å². The number of nitrogens with one attached hydrogen (secondary N) is 1. The molecule has 0 radical (unpaired) electrons. The van der Waals surface area contributed by atoms with E-state index in [1.54, 1.807) is 12.4 Å². The van der Waals surface area contributed by atoms with Crippen LogP contribution in [0.5, 0.6) is 0 Å². The van der Waals surface area contributed by atoms with Gasteiger partial charge in [-0.05, 0) is 0 Å². The van der Waals surface area contributed by atoms with Gasteiger partial charge < -0.3 is 17.2 Å². The molecule has 2 aromatic rings. The average molecular weight is 327 g/mol. The van der Waals surface area contributed by atoms with E-state index in [0.29, 0.717) is 22.9 Å². The van der Waals surface area contributed by atoms with Crippen LogP contribution in [-0.4, -0.2) is 32.4 Å². The van der Waals surface area contributed by atoms with Gasteiger partial charge in [0.2, 0.25) is 11.9 Å². The summed E-state index contributed by atoms with van der Waals surface area (Å²) in [6, 6.07) is 0. The first kappa shape index (κ1) is 15.6. The first-order valence-corrected chi connectivity index (χ1v) is 7.27. The maximum absolute atomic E-state index is 11.2. The van der Waals surface area contributed by atoms with Crippen LogP contribution in [0.25, 0.3) is 0 Å². The average Bonchev–Trinajstić information content (AvgIpc) is 3.05. The predicted molar refractivity (Wildman–Crippen MR) is 93.3 cm³/mol. The Morgan fingerprint density at radius 3 is 2.17 bits per heavy atom. The molecule has 2 aliphatic rings. The number of hydrogen-bond donors (Lipinski definition) is 4. The summed E-state index contributed by atoms with van der Waals surface area (Å²) in [5.74, 6) is 0.995. The summed E-state index contributed by atoms with van der Waals surface area (Å²) >= 11 is 0. The molecule has 0 saturated carbocycles. The lowest BCUT2D eigenvalue weighted by atomic mass is 10.1. The lowest BCUT2D eigenvalue weighted by Crippen LogP contribution is -2.12. The van der Waals surface area contributed by atoms with Crippen LogP contribution < -0.4 is 22.8 Å². The van der Waals surface area contributed by atoms with Crippen LogP contribution in [0.4, 0.5) is 29.1 Å². The number of hydrogen-bond acceptors (Lipinski definition) is 9. The Labute approximate surface area is 137 Å². The third-order valence-corrected chi connectivity index (χ3v) is 3.61. The summed E-state index contributed by atoms with van der Waals surface area (Å²) in [6.45, 7) is 3.91. The Morgan fingerprint density at radius 2 is 1.50 bits per heavy atom. The van der Waals surface area contributed by atoms with E-state index in [1.165, 1.54) is 0 Å². The van der Waals surface area contributed by atoms with E-state index in [0.717, 1.165) is 5.69 Å². The van der Waals surface area contributed by atoms with Gasteiger partial charge in [-0.15, -0.1) is 0 Å². The van der Waals surface area contributed by atoms with Crippen LogP contribution in [0, 0.1) is 0 Å². The highest BCUT2D eigenvalue weighted by Crippen LogP contribution is 2.34. The van der Waals surface area contributed by atoms with Crippen molar-refractivity contribution in [2.45, 2.75) is 25.7 Å². The number of nitrogen functional groups attached to an aromatic ring is 3. The van der Waals surface area contributed by atoms with Crippen LogP contribution in [0.15, 0.2) is 14.8 Å². The molecular formula is C14H17N9O. The van der Waals surface area contributed by atoms with E-state index in [9.17, 15) is 4.79 Å². The summed E-state index contributed by atoms with van der Waals surface area (Å²) in [5, 5.41) is 0. The molecule has 0 spiro atoms. The Hall–Kier alpha value is -3.30. The number of H-pyrrole nitrogens is 1. The standard InChI is InChI=1S/C7H9N5.C7H8N4O/c1-3-2-10-5-4(3)11-7(9)12-6(5)8;1-3-2-9-5-4(3)10-7(8)11-6(5)12/h2-3H,1H3,(H4,8,9,11,12);2-3H,1H3,(H3,8,10,11,12). The number of aliphatic imine (C=N–C) groups is 2. The van der Waals surface area contributed by atoms with E-state index in [4.69, 9.17) is 17.2 Å². The quantitative estimate of drug-likeness (QED) is 0.548. The minimum absolute atomic E-state index is 0.0876. The second-order valence-corrected chi connectivity index (χ2v) is 5.52. The second-order valence-electron chi connectivity index (χ2n) is 5.52. The van der Waals surface area contributed by atoms with Gasteiger partial charge >= 0.3 is 0 Å². The minimum atomic E-state index is -0.266. The van der Waals surface area contributed by atoms with Gasteiger partial charge in [0, 0.05) is 24.3 Å². The van der Waals surface area contributed by atoms with Crippen LogP contribution in [0.3, 0.4) is 0 Å². The molecule has 0 amide bonds. The van der Waals surface area contributed by atoms with Gasteiger partial charge in [-0.1, -0.05) is 13.8 Å². The zero-order valence-corrected chi connectivity index (χ0v) is 13.2. The summed E-state index contributed by atoms with van der Waals surface area (Å²) in [4.78, 5) is 33.5. The van der Waals surface area contributed by atoms with Gasteiger partial charge in [0.15, 0.2) is 5.82 Å². The molecule has 24 heavy (non-hydrogen) atoms. The largest absolute Gasteiger partial charge is 0.382 e. The fourth-order valence-corrected chi connectivity index (χ4v) is 2.42. The zero-order chi connectivity index (χ0) is 17.4. The van der Waals surface area contributed by atoms with Crippen LogP contribution in [-0.2, 0) is 0 Å². The highest BCUT2D eigenvalue weighted by molar-refractivity contribution is 5.83. The summed E-state index contributed by atoms with van der Waals surface area (Å²) in [7, 11) is 0. The van der Waals surface area contributed by atoms with E-state index in [-0.39, 0.29) is 29.3 Å². The molecule has 10 nitrogen and oxygen atoms in total. The lowest BCUT2D eigenvalue weighted by Gasteiger charge is -2.03. The summed E-state index contributed by atoms with van der Waals surface area (Å²) in [6.07, 6.45) is 3.47. The molecule has 2 unspecified atom stereocenters. The van der Waals surface area contributed by atoms with Gasteiger partial charge in [-0.3, -0.25) is 19.8 Å². The molecule has 0 bridgehead atoms. The van der Waals surface area contributed by atoms with Crippen molar-refractivity contribution < 1.29 is 0 Å². The molecule has 0 aromatic carbocycles. The SMILES string of the molecule is CC1C=Nc2c(N)nc(N)nc21.CC1C=Nc2c1nc(N)[nH]c2=O. The van der Waals surface area contributed by atoms with Crippen molar-refractivity contribution in [2.75, 3.05) is 17.2 Å². The highest BCUT2D eigenvalue weighted by atomic mass is 16.1. The Balaban J connectivity index is 0.000000141. The second kappa shape index (κ2) is 5.72. The fraction of sp³-hybridized carbons (Fsp3) is 0.286. The molecule has 0 saturated heterocycles. The molecule has 4 heterocycles. The Morgan fingerprint density at radius 1 is 0.917 bits per heavy atom. The maximum Gasteiger partial charge on any atom is 0.278 e. The molecule has 0 fully saturated rings. The topological polar surface area (TPSA) is 174 Å². The van der Waals surface area contributed by atoms with Crippen LogP contribution in [0.2, 0.25) is 0 Å². The smallest absolute Gasteiger partial charge is 0.278 e. The summed E-state index contributed by atoms with van der Waals surface area (Å²) < 4.78 is 0. The van der Waals surface area contributed by atoms with Crippen molar-refractivity contribution in [1.82, 2.24) is 19.9 Å². The van der Waals surface area contributed by atoms with Gasteiger partial charge in [-0.2, -0.15) is 4.98 Å². The Kier molecular flexibility index (Phi) is 3.72. The molecule has 2 aromatic heterocycles. The number of aromatic nitrogens is 4. The first-order chi connectivity index (χ1) is 11.4. The molecule has 7 N–H and O–H groups in total. The number of fused-ring (bicyclic) bond motifs is 2. The van der Waals surface area contributed by atoms with Crippen LogP contribution in [0.1, 0.15) is 37.1 Å². The number of nitrogens with zero attached hydrogens (tertiary/aromatic N) is 5. The highest BCUT2D eigenvalue weighted by Gasteiger charge is 2.20. The maximum atomic E-state index is 11.2. The van der Waals surface area contributed by atoms with Gasteiger partial charge in [-0.25, -0.2) is 9.97 Å². The number of anilines is 3. The van der Waals surface area contributed by atoms with Gasteiger partial charge in [0.25, 0.3) is 5.56 Å². The van der Waals surface area contributed by atoms with E-state index in [2.05, 4.69) is 29.9 Å². The number of nitrogens with two attached hydrogens (primary N) is 3. The van der Waals surface area contributed by atoms with Crippen molar-refractivity contribution in [1.29, 1.82) is 0 Å². The van der Waals surface area contributed by atoms with Crippen LogP contribution >= 0.6 is 0 Å². The number of rotatable bonds is 0. The fourth-order valence-electron chi connectivity index (χ4n) is 2.42. The normalized spacial score (nSPS) is 19.6. The molecule has 0 aliphatic carbocycles. The molecule has 2 aliphatic heterocycles. The minimum Gasteiger partial charge on any atom is -0.382 e.